The van der Waals surface area contributed by atoms with E-state index in [9.17, 15) is 18.0 Å². The van der Waals surface area contributed by atoms with Crippen molar-refractivity contribution in [3.05, 3.63) is 58.1 Å². The van der Waals surface area contributed by atoms with Crippen LogP contribution in [0.5, 0.6) is 5.75 Å². The lowest BCUT2D eigenvalue weighted by Gasteiger charge is -2.30. The fourth-order valence-electron chi connectivity index (χ4n) is 3.79. The van der Waals surface area contributed by atoms with Gasteiger partial charge in [-0.25, -0.2) is 8.42 Å². The van der Waals surface area contributed by atoms with Crippen LogP contribution in [0.2, 0.25) is 10.0 Å². The van der Waals surface area contributed by atoms with Gasteiger partial charge in [-0.15, -0.1) is 0 Å². The molecule has 0 bridgehead atoms. The van der Waals surface area contributed by atoms with Crippen molar-refractivity contribution in [3.8, 4) is 5.75 Å². The maximum Gasteiger partial charge on any atom is 0.242 e. The van der Waals surface area contributed by atoms with Crippen molar-refractivity contribution in [1.29, 1.82) is 0 Å². The zero-order chi connectivity index (χ0) is 28.5. The lowest BCUT2D eigenvalue weighted by molar-refractivity contribution is -0.140. The Kier molecular flexibility index (Phi) is 12.2. The average Bonchev–Trinajstić information content (AvgIpc) is 2.85. The number of ether oxygens (including phenoxy) is 1. The third-order valence-corrected chi connectivity index (χ3v) is 7.69. The Labute approximate surface area is 236 Å². The van der Waals surface area contributed by atoms with E-state index in [1.165, 1.54) is 9.21 Å². The summed E-state index contributed by atoms with van der Waals surface area (Å²) in [7, 11) is -3.64. The summed E-state index contributed by atoms with van der Waals surface area (Å²) in [6.07, 6.45) is 1.39. The van der Waals surface area contributed by atoms with Crippen LogP contribution in [0.3, 0.4) is 0 Å². The van der Waals surface area contributed by atoms with Crippen molar-refractivity contribution in [3.63, 3.8) is 0 Å². The predicted octanol–water partition coefficient (Wildman–Crippen LogP) is 5.13. The Morgan fingerprint density at radius 3 is 2.34 bits per heavy atom. The molecule has 210 valence electrons. The van der Waals surface area contributed by atoms with E-state index in [2.05, 4.69) is 5.32 Å². The second-order valence-electron chi connectivity index (χ2n) is 9.42. The summed E-state index contributed by atoms with van der Waals surface area (Å²) in [5, 5.41) is 3.62. The molecule has 11 heteroatoms. The number of nitrogens with one attached hydrogen (secondary N) is 1. The second-order valence-corrected chi connectivity index (χ2v) is 12.1. The monoisotopic (exact) mass is 585 g/mol. The molecule has 2 amide bonds. The van der Waals surface area contributed by atoms with Gasteiger partial charge in [0, 0.05) is 26.1 Å². The SMILES string of the molecule is CCOc1ccccc1N(CCCC(=O)N(Cc1ccc(Cl)c(Cl)c1)[C@H](C)C(=O)NCC(C)C)S(C)(=O)=O. The summed E-state index contributed by atoms with van der Waals surface area (Å²) in [5.41, 5.74) is 1.14. The van der Waals surface area contributed by atoms with Gasteiger partial charge in [-0.3, -0.25) is 13.9 Å². The van der Waals surface area contributed by atoms with Gasteiger partial charge in [0.1, 0.15) is 11.8 Å². The molecule has 0 saturated carbocycles. The molecule has 2 aromatic carbocycles. The van der Waals surface area contributed by atoms with E-state index >= 15 is 0 Å². The van der Waals surface area contributed by atoms with Crippen molar-refractivity contribution in [2.75, 3.05) is 30.3 Å². The van der Waals surface area contributed by atoms with Crippen molar-refractivity contribution in [1.82, 2.24) is 10.2 Å². The minimum atomic E-state index is -3.64. The number of carbonyl (C=O) groups is 2. The number of para-hydroxylation sites is 2. The van der Waals surface area contributed by atoms with Crippen LogP contribution in [0.25, 0.3) is 0 Å². The van der Waals surface area contributed by atoms with E-state index in [1.54, 1.807) is 49.4 Å². The topological polar surface area (TPSA) is 96.0 Å². The quantitative estimate of drug-likeness (QED) is 0.331. The van der Waals surface area contributed by atoms with Gasteiger partial charge in [-0.1, -0.05) is 55.2 Å². The highest BCUT2D eigenvalue weighted by Gasteiger charge is 2.27. The normalized spacial score (nSPS) is 12.2. The molecule has 0 radical (unpaired) electrons. The molecule has 0 spiro atoms. The lowest BCUT2D eigenvalue weighted by Crippen LogP contribution is -2.48. The fourth-order valence-corrected chi connectivity index (χ4v) is 5.08. The van der Waals surface area contributed by atoms with Crippen molar-refractivity contribution in [2.24, 2.45) is 5.92 Å². The van der Waals surface area contributed by atoms with Gasteiger partial charge >= 0.3 is 0 Å². The number of nitrogens with zero attached hydrogens (tertiary/aromatic N) is 2. The number of halogens is 2. The molecule has 0 heterocycles. The molecule has 38 heavy (non-hydrogen) atoms. The Morgan fingerprint density at radius 1 is 1.05 bits per heavy atom. The van der Waals surface area contributed by atoms with E-state index in [4.69, 9.17) is 27.9 Å². The van der Waals surface area contributed by atoms with Gasteiger partial charge in [0.15, 0.2) is 0 Å². The first kappa shape index (κ1) is 31.7. The third kappa shape index (κ3) is 9.36. The van der Waals surface area contributed by atoms with Crippen LogP contribution in [0.1, 0.15) is 46.1 Å². The first-order valence-corrected chi connectivity index (χ1v) is 15.2. The summed E-state index contributed by atoms with van der Waals surface area (Å²) in [6.45, 7) is 8.56. The number of hydrogen-bond acceptors (Lipinski definition) is 5. The highest BCUT2D eigenvalue weighted by Crippen LogP contribution is 2.30. The number of anilines is 1. The van der Waals surface area contributed by atoms with Crippen LogP contribution < -0.4 is 14.4 Å². The predicted molar refractivity (Wildman–Crippen MR) is 153 cm³/mol. The van der Waals surface area contributed by atoms with E-state index in [0.29, 0.717) is 34.6 Å². The van der Waals surface area contributed by atoms with E-state index < -0.39 is 16.1 Å². The number of rotatable bonds is 14. The Balaban J connectivity index is 2.22. The van der Waals surface area contributed by atoms with Crippen LogP contribution >= 0.6 is 23.2 Å². The molecule has 0 saturated heterocycles. The number of amides is 2. The molecule has 0 aromatic heterocycles. The summed E-state index contributed by atoms with van der Waals surface area (Å²) in [5.74, 6) is 0.153. The number of hydrogen-bond donors (Lipinski definition) is 1. The minimum absolute atomic E-state index is 0.0337. The maximum atomic E-state index is 13.4. The molecule has 0 aliphatic rings. The van der Waals surface area contributed by atoms with Crippen molar-refractivity contribution in [2.45, 2.75) is 53.1 Å². The van der Waals surface area contributed by atoms with Gasteiger partial charge < -0.3 is 15.0 Å². The molecule has 2 aromatic rings. The van der Waals surface area contributed by atoms with E-state index in [1.807, 2.05) is 20.8 Å². The van der Waals surface area contributed by atoms with E-state index in [-0.39, 0.29) is 43.7 Å². The summed E-state index contributed by atoms with van der Waals surface area (Å²) < 4.78 is 32.1. The minimum Gasteiger partial charge on any atom is -0.492 e. The molecular weight excluding hydrogens is 549 g/mol. The van der Waals surface area contributed by atoms with Crippen LogP contribution in [-0.4, -0.2) is 57.1 Å². The average molecular weight is 587 g/mol. The summed E-state index contributed by atoms with van der Waals surface area (Å²) in [6, 6.07) is 11.2. The van der Waals surface area contributed by atoms with Crippen LogP contribution in [0.15, 0.2) is 42.5 Å². The molecular formula is C27H37Cl2N3O5S. The summed E-state index contributed by atoms with van der Waals surface area (Å²) >= 11 is 12.2. The van der Waals surface area contributed by atoms with Crippen molar-refractivity contribution < 1.29 is 22.7 Å². The van der Waals surface area contributed by atoms with Gasteiger partial charge in [-0.2, -0.15) is 0 Å². The molecule has 0 aliphatic carbocycles. The van der Waals surface area contributed by atoms with Crippen LogP contribution in [0.4, 0.5) is 5.69 Å². The van der Waals surface area contributed by atoms with Gasteiger partial charge in [0.2, 0.25) is 21.8 Å². The molecule has 0 aliphatic heterocycles. The zero-order valence-corrected chi connectivity index (χ0v) is 24.9. The third-order valence-electron chi connectivity index (χ3n) is 5.77. The number of sulfonamides is 1. The largest absolute Gasteiger partial charge is 0.492 e. The van der Waals surface area contributed by atoms with Crippen LogP contribution in [-0.2, 0) is 26.2 Å². The maximum absolute atomic E-state index is 13.4. The number of carbonyl (C=O) groups excluding carboxylic acids is 2. The Morgan fingerprint density at radius 2 is 1.74 bits per heavy atom. The fraction of sp³-hybridized carbons (Fsp3) is 0.481. The first-order valence-electron chi connectivity index (χ1n) is 12.6. The Bertz CT molecular complexity index is 1210. The van der Waals surface area contributed by atoms with Crippen molar-refractivity contribution >= 4 is 50.7 Å². The zero-order valence-electron chi connectivity index (χ0n) is 22.5. The van der Waals surface area contributed by atoms with Gasteiger partial charge in [0.25, 0.3) is 0 Å². The van der Waals surface area contributed by atoms with E-state index in [0.717, 1.165) is 11.8 Å². The molecule has 1 atom stereocenters. The molecule has 0 fully saturated rings. The number of benzene rings is 2. The summed E-state index contributed by atoms with van der Waals surface area (Å²) in [4.78, 5) is 27.7. The molecule has 2 rings (SSSR count). The second kappa shape index (κ2) is 14.6. The highest BCUT2D eigenvalue weighted by atomic mass is 35.5. The molecule has 1 N–H and O–H groups in total. The highest BCUT2D eigenvalue weighted by molar-refractivity contribution is 7.92. The molecule has 8 nitrogen and oxygen atoms in total. The first-order chi connectivity index (χ1) is 17.8. The standard InChI is InChI=1S/C27H37Cl2N3O5S/c1-6-37-25-11-8-7-10-24(25)32(38(5,35)36)15-9-12-26(33)31(20(4)27(34)30-17-19(2)3)18-21-13-14-22(28)23(29)16-21/h7-8,10-11,13-14,16,19-20H,6,9,12,15,17-18H2,1-5H3,(H,30,34)/t20-/m1/s1. The van der Waals surface area contributed by atoms with Gasteiger partial charge in [-0.05, 0) is 56.0 Å². The Hall–Kier alpha value is -2.49. The smallest absolute Gasteiger partial charge is 0.242 e. The lowest BCUT2D eigenvalue weighted by atomic mass is 10.1. The van der Waals surface area contributed by atoms with Gasteiger partial charge in [0.05, 0.1) is 28.6 Å². The van der Waals surface area contributed by atoms with Crippen LogP contribution in [0, 0.1) is 5.92 Å². The molecule has 0 unspecified atom stereocenters.